The third kappa shape index (κ3) is 3.38. The Kier molecular flexibility index (Phi) is 3.53. The Morgan fingerprint density at radius 2 is 1.79 bits per heavy atom. The van der Waals surface area contributed by atoms with E-state index in [1.54, 1.807) is 0 Å². The van der Waals surface area contributed by atoms with Gasteiger partial charge in [0.25, 0.3) is 0 Å². The third-order valence-electron chi connectivity index (χ3n) is 2.27. The van der Waals surface area contributed by atoms with Gasteiger partial charge in [-0.3, -0.25) is 0 Å². The van der Waals surface area contributed by atoms with Crippen molar-refractivity contribution in [1.82, 2.24) is 0 Å². The van der Waals surface area contributed by atoms with Crippen LogP contribution in [0.5, 0.6) is 0 Å². The van der Waals surface area contributed by atoms with Gasteiger partial charge in [-0.15, -0.1) is 0 Å². The van der Waals surface area contributed by atoms with E-state index in [0.29, 0.717) is 0 Å². The second-order valence-corrected chi connectivity index (χ2v) is 4.35. The molecule has 0 saturated heterocycles. The average Bonchev–Trinajstić information content (AvgIpc) is 2.08. The molecule has 1 rings (SSSR count). The van der Waals surface area contributed by atoms with E-state index in [9.17, 15) is 0 Å². The van der Waals surface area contributed by atoms with Crippen molar-refractivity contribution < 1.29 is 5.11 Å². The topological polar surface area (TPSA) is 32.3 Å². The summed E-state index contributed by atoms with van der Waals surface area (Å²) >= 11 is 0. The average molecular weight is 193 g/mol. The Labute approximate surface area is 86.0 Å². The van der Waals surface area contributed by atoms with Crippen LogP contribution in [0.1, 0.15) is 25.8 Å². The van der Waals surface area contributed by atoms with Crippen LogP contribution in [0, 0.1) is 6.92 Å². The van der Waals surface area contributed by atoms with Gasteiger partial charge in [0.05, 0.1) is 0 Å². The summed E-state index contributed by atoms with van der Waals surface area (Å²) in [4.78, 5) is 0. The van der Waals surface area contributed by atoms with Crippen LogP contribution in [0.3, 0.4) is 0 Å². The standard InChI is InChI=1S/C12H19NO/c1-10-4-6-11(7-5-10)13-12(2,3)8-9-14/h4-7,13-14H,8-9H2,1-3H3. The maximum atomic E-state index is 8.88. The van der Waals surface area contributed by atoms with E-state index in [0.717, 1.165) is 12.1 Å². The molecule has 14 heavy (non-hydrogen) atoms. The van der Waals surface area contributed by atoms with Crippen molar-refractivity contribution in [2.75, 3.05) is 11.9 Å². The summed E-state index contributed by atoms with van der Waals surface area (Å²) in [6.07, 6.45) is 0.751. The zero-order valence-corrected chi connectivity index (χ0v) is 9.17. The Bertz CT molecular complexity index is 277. The van der Waals surface area contributed by atoms with Crippen molar-refractivity contribution in [3.8, 4) is 0 Å². The van der Waals surface area contributed by atoms with Crippen LogP contribution in [0.4, 0.5) is 5.69 Å². The largest absolute Gasteiger partial charge is 0.396 e. The highest BCUT2D eigenvalue weighted by atomic mass is 16.3. The Morgan fingerprint density at radius 1 is 1.21 bits per heavy atom. The van der Waals surface area contributed by atoms with Gasteiger partial charge in [-0.05, 0) is 39.3 Å². The van der Waals surface area contributed by atoms with Gasteiger partial charge in [0, 0.05) is 17.8 Å². The molecule has 1 aromatic carbocycles. The summed E-state index contributed by atoms with van der Waals surface area (Å²) in [6, 6.07) is 8.29. The monoisotopic (exact) mass is 193 g/mol. The van der Waals surface area contributed by atoms with E-state index in [-0.39, 0.29) is 12.1 Å². The number of benzene rings is 1. The van der Waals surface area contributed by atoms with E-state index < -0.39 is 0 Å². The molecule has 2 N–H and O–H groups in total. The normalized spacial score (nSPS) is 11.4. The molecule has 1 aromatic rings. The number of nitrogens with one attached hydrogen (secondary N) is 1. The zero-order chi connectivity index (χ0) is 10.6. The Balaban J connectivity index is 2.64. The lowest BCUT2D eigenvalue weighted by Crippen LogP contribution is -2.31. The first-order valence-electron chi connectivity index (χ1n) is 4.99. The first-order valence-corrected chi connectivity index (χ1v) is 4.99. The number of hydrogen-bond acceptors (Lipinski definition) is 2. The minimum absolute atomic E-state index is 0.0516. The molecular weight excluding hydrogens is 174 g/mol. The van der Waals surface area contributed by atoms with E-state index in [1.165, 1.54) is 5.56 Å². The second kappa shape index (κ2) is 4.47. The molecule has 0 aliphatic heterocycles. The highest BCUT2D eigenvalue weighted by molar-refractivity contribution is 5.46. The fourth-order valence-electron chi connectivity index (χ4n) is 1.37. The SMILES string of the molecule is Cc1ccc(NC(C)(C)CCO)cc1. The summed E-state index contributed by atoms with van der Waals surface area (Å²) in [7, 11) is 0. The zero-order valence-electron chi connectivity index (χ0n) is 9.17. The lowest BCUT2D eigenvalue weighted by atomic mass is 10.0. The summed E-state index contributed by atoms with van der Waals surface area (Å²) in [5.41, 5.74) is 2.31. The van der Waals surface area contributed by atoms with Crippen LogP contribution in [0.15, 0.2) is 24.3 Å². The molecule has 0 fully saturated rings. The summed E-state index contributed by atoms with van der Waals surface area (Å²) in [6.45, 7) is 6.46. The predicted octanol–water partition coefficient (Wildman–Crippen LogP) is 2.57. The minimum Gasteiger partial charge on any atom is -0.396 e. The van der Waals surface area contributed by atoms with Crippen molar-refractivity contribution in [2.24, 2.45) is 0 Å². The summed E-state index contributed by atoms with van der Waals surface area (Å²) < 4.78 is 0. The summed E-state index contributed by atoms with van der Waals surface area (Å²) in [5, 5.41) is 12.3. The fourth-order valence-corrected chi connectivity index (χ4v) is 1.37. The van der Waals surface area contributed by atoms with Crippen LogP contribution in [0.25, 0.3) is 0 Å². The molecular formula is C12H19NO. The van der Waals surface area contributed by atoms with Crippen molar-refractivity contribution >= 4 is 5.69 Å². The van der Waals surface area contributed by atoms with Gasteiger partial charge < -0.3 is 10.4 Å². The molecule has 2 heteroatoms. The highest BCUT2D eigenvalue weighted by Crippen LogP contribution is 2.17. The first-order chi connectivity index (χ1) is 6.53. The second-order valence-electron chi connectivity index (χ2n) is 4.35. The van der Waals surface area contributed by atoms with Crippen molar-refractivity contribution in [2.45, 2.75) is 32.7 Å². The molecule has 0 atom stereocenters. The van der Waals surface area contributed by atoms with Gasteiger partial charge in [0.2, 0.25) is 0 Å². The van der Waals surface area contributed by atoms with Crippen LogP contribution < -0.4 is 5.32 Å². The third-order valence-corrected chi connectivity index (χ3v) is 2.27. The molecule has 2 nitrogen and oxygen atoms in total. The van der Waals surface area contributed by atoms with Crippen molar-refractivity contribution in [1.29, 1.82) is 0 Å². The number of anilines is 1. The van der Waals surface area contributed by atoms with E-state index in [2.05, 4.69) is 50.4 Å². The fraction of sp³-hybridized carbons (Fsp3) is 0.500. The van der Waals surface area contributed by atoms with Gasteiger partial charge in [-0.2, -0.15) is 0 Å². The van der Waals surface area contributed by atoms with Gasteiger partial charge in [-0.25, -0.2) is 0 Å². The van der Waals surface area contributed by atoms with Crippen LogP contribution in [-0.4, -0.2) is 17.3 Å². The molecule has 0 aliphatic rings. The molecule has 0 bridgehead atoms. The number of hydrogen-bond donors (Lipinski definition) is 2. The first kappa shape index (κ1) is 11.1. The maximum Gasteiger partial charge on any atom is 0.0453 e. The van der Waals surface area contributed by atoms with E-state index in [1.807, 2.05) is 0 Å². The quantitative estimate of drug-likeness (QED) is 0.770. The maximum absolute atomic E-state index is 8.88. The molecule has 0 saturated carbocycles. The number of aliphatic hydroxyl groups excluding tert-OH is 1. The van der Waals surface area contributed by atoms with Gasteiger partial charge in [0.15, 0.2) is 0 Å². The number of rotatable bonds is 4. The lowest BCUT2D eigenvalue weighted by Gasteiger charge is -2.26. The highest BCUT2D eigenvalue weighted by Gasteiger charge is 2.15. The van der Waals surface area contributed by atoms with Crippen molar-refractivity contribution in [3.63, 3.8) is 0 Å². The van der Waals surface area contributed by atoms with Gasteiger partial charge >= 0.3 is 0 Å². The van der Waals surface area contributed by atoms with Crippen LogP contribution in [-0.2, 0) is 0 Å². The summed E-state index contributed by atoms with van der Waals surface area (Å²) in [5.74, 6) is 0. The van der Waals surface area contributed by atoms with Crippen LogP contribution in [0.2, 0.25) is 0 Å². The van der Waals surface area contributed by atoms with Crippen molar-refractivity contribution in [3.05, 3.63) is 29.8 Å². The molecule has 0 unspecified atom stereocenters. The molecule has 0 aromatic heterocycles. The molecule has 0 heterocycles. The van der Waals surface area contributed by atoms with Crippen LogP contribution >= 0.6 is 0 Å². The van der Waals surface area contributed by atoms with Gasteiger partial charge in [-0.1, -0.05) is 17.7 Å². The molecule has 0 aliphatic carbocycles. The number of aliphatic hydroxyl groups is 1. The number of aryl methyl sites for hydroxylation is 1. The van der Waals surface area contributed by atoms with Gasteiger partial charge in [0.1, 0.15) is 0 Å². The van der Waals surface area contributed by atoms with E-state index >= 15 is 0 Å². The predicted molar refractivity (Wildman–Crippen MR) is 60.6 cm³/mol. The molecule has 0 amide bonds. The Morgan fingerprint density at radius 3 is 2.29 bits per heavy atom. The lowest BCUT2D eigenvalue weighted by molar-refractivity contribution is 0.261. The Hall–Kier alpha value is -1.02. The van der Waals surface area contributed by atoms with E-state index in [4.69, 9.17) is 5.11 Å². The smallest absolute Gasteiger partial charge is 0.0453 e. The minimum atomic E-state index is -0.0516. The molecule has 78 valence electrons. The molecule has 0 radical (unpaired) electrons. The molecule has 0 spiro atoms.